The van der Waals surface area contributed by atoms with Crippen molar-refractivity contribution in [2.24, 2.45) is 0 Å². The van der Waals surface area contributed by atoms with Gasteiger partial charge in [0.2, 0.25) is 5.89 Å². The number of rotatable bonds is 7. The van der Waals surface area contributed by atoms with Crippen molar-refractivity contribution in [3.8, 4) is 44.8 Å². The van der Waals surface area contributed by atoms with Gasteiger partial charge in [-0.25, -0.2) is 4.98 Å². The van der Waals surface area contributed by atoms with Crippen LogP contribution in [0.2, 0.25) is 0 Å². The van der Waals surface area contributed by atoms with Crippen LogP contribution in [0.25, 0.3) is 77.9 Å². The van der Waals surface area contributed by atoms with Crippen LogP contribution in [0.3, 0.4) is 0 Å². The van der Waals surface area contributed by atoms with Crippen molar-refractivity contribution in [1.82, 2.24) is 4.98 Å². The number of furan rings is 1. The Morgan fingerprint density at radius 2 is 0.887 bits per heavy atom. The Labute approximate surface area is 306 Å². The third kappa shape index (κ3) is 5.45. The summed E-state index contributed by atoms with van der Waals surface area (Å²) >= 11 is 0. The largest absolute Gasteiger partial charge is 0.454 e. The molecular weight excluding hydrogens is 649 g/mol. The minimum atomic E-state index is 0.603. The second kappa shape index (κ2) is 12.9. The van der Waals surface area contributed by atoms with E-state index in [0.717, 1.165) is 83.5 Å². The Balaban J connectivity index is 1.11. The van der Waals surface area contributed by atoms with Crippen LogP contribution in [-0.2, 0) is 0 Å². The van der Waals surface area contributed by atoms with Gasteiger partial charge in [-0.2, -0.15) is 0 Å². The van der Waals surface area contributed by atoms with E-state index in [1.807, 2.05) is 54.6 Å². The Kier molecular flexibility index (Phi) is 7.43. The quantitative estimate of drug-likeness (QED) is 0.168. The summed E-state index contributed by atoms with van der Waals surface area (Å²) < 4.78 is 13.2. The van der Waals surface area contributed by atoms with Gasteiger partial charge in [0.15, 0.2) is 11.2 Å². The van der Waals surface area contributed by atoms with Crippen molar-refractivity contribution in [1.29, 1.82) is 0 Å². The van der Waals surface area contributed by atoms with E-state index in [-0.39, 0.29) is 0 Å². The topological polar surface area (TPSA) is 42.4 Å². The smallest absolute Gasteiger partial charge is 0.227 e. The first-order valence-corrected chi connectivity index (χ1v) is 17.8. The molecule has 0 radical (unpaired) electrons. The fourth-order valence-electron chi connectivity index (χ4n) is 7.35. The van der Waals surface area contributed by atoms with Crippen LogP contribution in [0.1, 0.15) is 0 Å². The molecule has 0 amide bonds. The number of aromatic nitrogens is 1. The first-order chi connectivity index (χ1) is 26.3. The van der Waals surface area contributed by atoms with Crippen LogP contribution >= 0.6 is 0 Å². The Bertz CT molecular complexity index is 2860. The summed E-state index contributed by atoms with van der Waals surface area (Å²) in [5.41, 5.74) is 13.8. The highest BCUT2D eigenvalue weighted by atomic mass is 16.3. The van der Waals surface area contributed by atoms with Gasteiger partial charge in [0.05, 0.1) is 5.69 Å². The second-order valence-electron chi connectivity index (χ2n) is 13.1. The Hall–Kier alpha value is -7.17. The standard InChI is InChI=1S/C49H32N2O2/c1-4-13-33(14-5-1)34-23-27-38(28-24-34)51(44-21-12-20-43-42-19-10-11-22-45(42)52-47(43)44)39-29-25-36(26-30-39)41-32-31-40(35-15-6-2-7-16-35)46-48(41)53-49(50-46)37-17-8-3-9-18-37/h1-32H. The highest BCUT2D eigenvalue weighted by molar-refractivity contribution is 6.10. The molecule has 4 nitrogen and oxygen atoms in total. The number of hydrogen-bond acceptors (Lipinski definition) is 4. The molecule has 10 rings (SSSR count). The number of anilines is 3. The van der Waals surface area contributed by atoms with Gasteiger partial charge >= 0.3 is 0 Å². The van der Waals surface area contributed by atoms with E-state index in [9.17, 15) is 0 Å². The van der Waals surface area contributed by atoms with Gasteiger partial charge in [0.25, 0.3) is 0 Å². The maximum Gasteiger partial charge on any atom is 0.227 e. The van der Waals surface area contributed by atoms with E-state index in [1.54, 1.807) is 0 Å². The van der Waals surface area contributed by atoms with Crippen LogP contribution < -0.4 is 4.90 Å². The van der Waals surface area contributed by atoms with E-state index < -0.39 is 0 Å². The molecule has 0 spiro atoms. The number of benzene rings is 8. The number of hydrogen-bond donors (Lipinski definition) is 0. The lowest BCUT2D eigenvalue weighted by Gasteiger charge is -2.26. The summed E-state index contributed by atoms with van der Waals surface area (Å²) in [6.07, 6.45) is 0. The second-order valence-corrected chi connectivity index (χ2v) is 13.1. The normalized spacial score (nSPS) is 11.4. The van der Waals surface area contributed by atoms with Crippen molar-refractivity contribution < 1.29 is 8.83 Å². The zero-order chi connectivity index (χ0) is 35.1. The van der Waals surface area contributed by atoms with Crippen LogP contribution in [0, 0.1) is 0 Å². The monoisotopic (exact) mass is 680 g/mol. The Morgan fingerprint density at radius 3 is 1.58 bits per heavy atom. The average Bonchev–Trinajstić information content (AvgIpc) is 3.86. The highest BCUT2D eigenvalue weighted by Crippen LogP contribution is 2.44. The van der Waals surface area contributed by atoms with Crippen molar-refractivity contribution in [3.05, 3.63) is 194 Å². The summed E-state index contributed by atoms with van der Waals surface area (Å²) in [7, 11) is 0. The molecule has 2 aromatic heterocycles. The van der Waals surface area contributed by atoms with Crippen molar-refractivity contribution in [2.75, 3.05) is 4.90 Å². The molecule has 53 heavy (non-hydrogen) atoms. The molecule has 0 saturated carbocycles. The molecule has 0 aliphatic heterocycles. The first-order valence-electron chi connectivity index (χ1n) is 17.8. The lowest BCUT2D eigenvalue weighted by molar-refractivity contribution is 0.621. The number of para-hydroxylation sites is 2. The van der Waals surface area contributed by atoms with E-state index >= 15 is 0 Å². The van der Waals surface area contributed by atoms with E-state index in [4.69, 9.17) is 13.8 Å². The SMILES string of the molecule is c1ccc(-c2ccc(N(c3ccc(-c4ccc(-c5ccccc5)c5nc(-c6ccccc6)oc45)cc3)c3cccc4c3oc3ccccc34)cc2)cc1. The lowest BCUT2D eigenvalue weighted by atomic mass is 9.98. The number of oxazole rings is 1. The minimum Gasteiger partial charge on any atom is -0.454 e. The molecule has 10 aromatic rings. The van der Waals surface area contributed by atoms with Crippen molar-refractivity contribution in [3.63, 3.8) is 0 Å². The minimum absolute atomic E-state index is 0.603. The van der Waals surface area contributed by atoms with Gasteiger partial charge in [0, 0.05) is 38.8 Å². The number of nitrogens with zero attached hydrogens (tertiary/aromatic N) is 2. The Morgan fingerprint density at radius 1 is 0.358 bits per heavy atom. The molecule has 0 aliphatic carbocycles. The summed E-state index contributed by atoms with van der Waals surface area (Å²) in [4.78, 5) is 7.34. The van der Waals surface area contributed by atoms with E-state index in [0.29, 0.717) is 5.89 Å². The van der Waals surface area contributed by atoms with Crippen molar-refractivity contribution in [2.45, 2.75) is 0 Å². The van der Waals surface area contributed by atoms with Gasteiger partial charge in [-0.1, -0.05) is 140 Å². The van der Waals surface area contributed by atoms with Gasteiger partial charge in [-0.15, -0.1) is 0 Å². The predicted octanol–water partition coefficient (Wildman–Crippen LogP) is 13.9. The van der Waals surface area contributed by atoms with Crippen LogP contribution in [0.5, 0.6) is 0 Å². The van der Waals surface area contributed by atoms with Gasteiger partial charge in [0.1, 0.15) is 11.1 Å². The molecule has 0 unspecified atom stereocenters. The molecular formula is C49H32N2O2. The van der Waals surface area contributed by atoms with Crippen LogP contribution in [0.15, 0.2) is 203 Å². The molecule has 8 aromatic carbocycles. The fraction of sp³-hybridized carbons (Fsp3) is 0. The highest BCUT2D eigenvalue weighted by Gasteiger charge is 2.21. The summed E-state index contributed by atoms with van der Waals surface area (Å²) in [6, 6.07) is 67.3. The predicted molar refractivity (Wildman–Crippen MR) is 218 cm³/mol. The third-order valence-corrected chi connectivity index (χ3v) is 9.94. The van der Waals surface area contributed by atoms with E-state index in [1.165, 1.54) is 5.56 Å². The molecule has 250 valence electrons. The summed E-state index contributed by atoms with van der Waals surface area (Å²) in [6.45, 7) is 0. The lowest BCUT2D eigenvalue weighted by Crippen LogP contribution is -2.10. The molecule has 0 saturated heterocycles. The maximum atomic E-state index is 6.61. The fourth-order valence-corrected chi connectivity index (χ4v) is 7.35. The molecule has 0 N–H and O–H groups in total. The van der Waals surface area contributed by atoms with E-state index in [2.05, 4.69) is 144 Å². The maximum absolute atomic E-state index is 6.61. The average molecular weight is 681 g/mol. The van der Waals surface area contributed by atoms with Crippen LogP contribution in [0.4, 0.5) is 17.1 Å². The summed E-state index contributed by atoms with van der Waals surface area (Å²) in [5, 5.41) is 2.19. The van der Waals surface area contributed by atoms with Crippen LogP contribution in [-0.4, -0.2) is 4.98 Å². The van der Waals surface area contributed by atoms with Gasteiger partial charge in [-0.3, -0.25) is 0 Å². The summed E-state index contributed by atoms with van der Waals surface area (Å²) in [5.74, 6) is 0.603. The molecule has 0 bridgehead atoms. The van der Waals surface area contributed by atoms with Crippen molar-refractivity contribution >= 4 is 50.1 Å². The molecule has 0 fully saturated rings. The zero-order valence-corrected chi connectivity index (χ0v) is 28.7. The third-order valence-electron chi connectivity index (χ3n) is 9.94. The molecule has 2 heterocycles. The van der Waals surface area contributed by atoms with Gasteiger partial charge < -0.3 is 13.7 Å². The first kappa shape index (κ1) is 30.6. The molecule has 4 heteroatoms. The number of fused-ring (bicyclic) bond motifs is 4. The zero-order valence-electron chi connectivity index (χ0n) is 28.7. The van der Waals surface area contributed by atoms with Gasteiger partial charge in [-0.05, 0) is 76.9 Å². The molecule has 0 aliphatic rings. The molecule has 0 atom stereocenters.